The second-order valence-electron chi connectivity index (χ2n) is 5.43. The Morgan fingerprint density at radius 1 is 1.38 bits per heavy atom. The van der Waals surface area contributed by atoms with Gasteiger partial charge in [0, 0.05) is 0 Å². The molecule has 0 aliphatic carbocycles. The monoisotopic (exact) mass is 292 g/mol. The SMILES string of the molecule is C=CCCCCC[C@H](Cc1ccc(F)c(C)c1)C(=O)OC. The van der Waals surface area contributed by atoms with E-state index in [1.165, 1.54) is 13.2 Å². The van der Waals surface area contributed by atoms with Gasteiger partial charge >= 0.3 is 5.97 Å². The fraction of sp³-hybridized carbons (Fsp3) is 0.500. The van der Waals surface area contributed by atoms with E-state index in [2.05, 4.69) is 6.58 Å². The van der Waals surface area contributed by atoms with Crippen molar-refractivity contribution in [3.63, 3.8) is 0 Å². The Hall–Kier alpha value is -1.64. The number of hydrogen-bond donors (Lipinski definition) is 0. The zero-order valence-corrected chi connectivity index (χ0v) is 13.0. The summed E-state index contributed by atoms with van der Waals surface area (Å²) >= 11 is 0. The molecule has 1 aromatic carbocycles. The Morgan fingerprint density at radius 3 is 2.76 bits per heavy atom. The van der Waals surface area contributed by atoms with Gasteiger partial charge in [-0.25, -0.2) is 4.39 Å². The number of carbonyl (C=O) groups excluding carboxylic acids is 1. The summed E-state index contributed by atoms with van der Waals surface area (Å²) in [6.45, 7) is 5.44. The number of halogens is 1. The third-order valence-corrected chi connectivity index (χ3v) is 3.70. The minimum Gasteiger partial charge on any atom is -0.469 e. The minimum atomic E-state index is -0.210. The van der Waals surface area contributed by atoms with E-state index in [9.17, 15) is 9.18 Å². The molecule has 0 aromatic heterocycles. The molecule has 1 atom stereocenters. The molecule has 0 N–H and O–H groups in total. The van der Waals surface area contributed by atoms with Crippen molar-refractivity contribution in [3.05, 3.63) is 47.8 Å². The molecule has 0 spiro atoms. The maximum Gasteiger partial charge on any atom is 0.308 e. The standard InChI is InChI=1S/C18H25FO2/c1-4-5-6-7-8-9-16(18(20)21-3)13-15-10-11-17(19)14(2)12-15/h4,10-12,16H,1,5-9,13H2,2-3H3/t16-/m1/s1. The van der Waals surface area contributed by atoms with Crippen LogP contribution < -0.4 is 0 Å². The molecule has 0 saturated heterocycles. The molecular weight excluding hydrogens is 267 g/mol. The molecule has 0 amide bonds. The van der Waals surface area contributed by atoms with Gasteiger partial charge in [-0.2, -0.15) is 0 Å². The molecule has 0 unspecified atom stereocenters. The molecule has 3 heteroatoms. The summed E-state index contributed by atoms with van der Waals surface area (Å²) in [6, 6.07) is 5.02. The lowest BCUT2D eigenvalue weighted by Gasteiger charge is -2.15. The van der Waals surface area contributed by atoms with Crippen molar-refractivity contribution in [3.8, 4) is 0 Å². The van der Waals surface area contributed by atoms with Crippen molar-refractivity contribution in [1.29, 1.82) is 0 Å². The lowest BCUT2D eigenvalue weighted by atomic mass is 9.93. The molecule has 1 aromatic rings. The Morgan fingerprint density at radius 2 is 2.14 bits per heavy atom. The first-order valence-corrected chi connectivity index (χ1v) is 7.52. The zero-order valence-electron chi connectivity index (χ0n) is 13.0. The third kappa shape index (κ3) is 6.11. The van der Waals surface area contributed by atoms with Crippen LogP contribution in [0.4, 0.5) is 4.39 Å². The first-order valence-electron chi connectivity index (χ1n) is 7.52. The predicted octanol–water partition coefficient (Wildman–Crippen LogP) is 4.60. The largest absolute Gasteiger partial charge is 0.469 e. The van der Waals surface area contributed by atoms with Crippen LogP contribution in [0.15, 0.2) is 30.9 Å². The highest BCUT2D eigenvalue weighted by molar-refractivity contribution is 5.72. The Kier molecular flexibility index (Phi) is 7.73. The Balaban J connectivity index is 2.58. The van der Waals surface area contributed by atoms with E-state index < -0.39 is 0 Å². The number of methoxy groups -OCH3 is 1. The normalized spacial score (nSPS) is 12.0. The molecule has 116 valence electrons. The first kappa shape index (κ1) is 17.4. The number of ether oxygens (including phenoxy) is 1. The Labute approximate surface area is 127 Å². The van der Waals surface area contributed by atoms with Gasteiger partial charge in [0.2, 0.25) is 0 Å². The summed E-state index contributed by atoms with van der Waals surface area (Å²) in [7, 11) is 1.42. The van der Waals surface area contributed by atoms with Gasteiger partial charge in [0.05, 0.1) is 13.0 Å². The van der Waals surface area contributed by atoms with Crippen LogP contribution in [0.5, 0.6) is 0 Å². The van der Waals surface area contributed by atoms with Crippen molar-refractivity contribution >= 4 is 5.97 Å². The van der Waals surface area contributed by atoms with Gasteiger partial charge < -0.3 is 4.74 Å². The van der Waals surface area contributed by atoms with E-state index in [1.54, 1.807) is 13.0 Å². The van der Waals surface area contributed by atoms with Crippen LogP contribution in [0.25, 0.3) is 0 Å². The van der Waals surface area contributed by atoms with Crippen molar-refractivity contribution in [2.75, 3.05) is 7.11 Å². The first-order chi connectivity index (χ1) is 10.1. The van der Waals surface area contributed by atoms with E-state index in [-0.39, 0.29) is 17.7 Å². The molecule has 0 saturated carbocycles. The average molecular weight is 292 g/mol. The van der Waals surface area contributed by atoms with Crippen LogP contribution in [0.3, 0.4) is 0 Å². The second kappa shape index (κ2) is 9.32. The highest BCUT2D eigenvalue weighted by atomic mass is 19.1. The van der Waals surface area contributed by atoms with Crippen molar-refractivity contribution in [2.45, 2.75) is 45.4 Å². The summed E-state index contributed by atoms with van der Waals surface area (Å²) in [4.78, 5) is 11.9. The number of esters is 1. The maximum atomic E-state index is 13.3. The molecule has 0 fully saturated rings. The van der Waals surface area contributed by atoms with Crippen LogP contribution >= 0.6 is 0 Å². The second-order valence-corrected chi connectivity index (χ2v) is 5.43. The van der Waals surface area contributed by atoms with Crippen LogP contribution in [0, 0.1) is 18.7 Å². The van der Waals surface area contributed by atoms with Crippen molar-refractivity contribution in [2.24, 2.45) is 5.92 Å². The summed E-state index contributed by atoms with van der Waals surface area (Å²) < 4.78 is 18.2. The highest BCUT2D eigenvalue weighted by Crippen LogP contribution is 2.19. The number of hydrogen-bond acceptors (Lipinski definition) is 2. The van der Waals surface area contributed by atoms with E-state index in [0.29, 0.717) is 12.0 Å². The molecule has 2 nitrogen and oxygen atoms in total. The summed E-state index contributed by atoms with van der Waals surface area (Å²) in [5.74, 6) is -0.540. The van der Waals surface area contributed by atoms with Crippen LogP contribution in [0.1, 0.15) is 43.2 Å². The van der Waals surface area contributed by atoms with E-state index in [0.717, 1.165) is 37.7 Å². The molecular formula is C18H25FO2. The molecule has 0 bridgehead atoms. The Bertz CT molecular complexity index is 468. The summed E-state index contributed by atoms with van der Waals surface area (Å²) in [6.07, 6.45) is 7.53. The zero-order chi connectivity index (χ0) is 15.7. The van der Waals surface area contributed by atoms with Gasteiger partial charge in [-0.3, -0.25) is 4.79 Å². The molecule has 0 aliphatic rings. The predicted molar refractivity (Wildman–Crippen MR) is 83.6 cm³/mol. The topological polar surface area (TPSA) is 26.3 Å². The average Bonchev–Trinajstić information content (AvgIpc) is 2.48. The molecule has 21 heavy (non-hydrogen) atoms. The fourth-order valence-electron chi connectivity index (χ4n) is 2.44. The third-order valence-electron chi connectivity index (χ3n) is 3.70. The van der Waals surface area contributed by atoms with Gasteiger partial charge in [0.1, 0.15) is 5.82 Å². The van der Waals surface area contributed by atoms with Crippen molar-refractivity contribution in [1.82, 2.24) is 0 Å². The van der Waals surface area contributed by atoms with Crippen molar-refractivity contribution < 1.29 is 13.9 Å². The maximum absolute atomic E-state index is 13.3. The number of benzene rings is 1. The van der Waals surface area contributed by atoms with Crippen LogP contribution in [-0.4, -0.2) is 13.1 Å². The van der Waals surface area contributed by atoms with Crippen LogP contribution in [-0.2, 0) is 16.0 Å². The van der Waals surface area contributed by atoms with E-state index in [4.69, 9.17) is 4.74 Å². The fourth-order valence-corrected chi connectivity index (χ4v) is 2.44. The van der Waals surface area contributed by atoms with Gasteiger partial charge in [0.25, 0.3) is 0 Å². The van der Waals surface area contributed by atoms with E-state index in [1.807, 2.05) is 12.1 Å². The summed E-state index contributed by atoms with van der Waals surface area (Å²) in [5.41, 5.74) is 1.59. The molecule has 0 heterocycles. The number of unbranched alkanes of at least 4 members (excludes halogenated alkanes) is 3. The summed E-state index contributed by atoms with van der Waals surface area (Å²) in [5, 5.41) is 0. The molecule has 1 rings (SSSR count). The van der Waals surface area contributed by atoms with Crippen LogP contribution in [0.2, 0.25) is 0 Å². The smallest absolute Gasteiger partial charge is 0.308 e. The lowest BCUT2D eigenvalue weighted by Crippen LogP contribution is -2.19. The van der Waals surface area contributed by atoms with Gasteiger partial charge in [-0.05, 0) is 49.8 Å². The number of rotatable bonds is 9. The minimum absolute atomic E-state index is 0.149. The quantitative estimate of drug-likeness (QED) is 0.377. The lowest BCUT2D eigenvalue weighted by molar-refractivity contribution is -0.145. The number of carbonyl (C=O) groups is 1. The van der Waals surface area contributed by atoms with Gasteiger partial charge in [-0.1, -0.05) is 31.1 Å². The number of allylic oxidation sites excluding steroid dienone is 1. The molecule has 0 radical (unpaired) electrons. The highest BCUT2D eigenvalue weighted by Gasteiger charge is 2.19. The van der Waals surface area contributed by atoms with Gasteiger partial charge in [0.15, 0.2) is 0 Å². The number of aryl methyl sites for hydroxylation is 1. The van der Waals surface area contributed by atoms with Gasteiger partial charge in [-0.15, -0.1) is 6.58 Å². The molecule has 0 aliphatic heterocycles. The van der Waals surface area contributed by atoms with E-state index >= 15 is 0 Å².